The molecule has 0 saturated heterocycles. The molecule has 0 saturated carbocycles. The maximum Gasteiger partial charge on any atom is 0.270 e. The van der Waals surface area contributed by atoms with E-state index in [9.17, 15) is 5.11 Å². The van der Waals surface area contributed by atoms with Crippen LogP contribution >= 0.6 is 0 Å². The van der Waals surface area contributed by atoms with Crippen LogP contribution in [0.15, 0.2) is 29.3 Å². The Labute approximate surface area is 115 Å². The number of aliphatic imine (C=N–C) groups is 1. The quantitative estimate of drug-likeness (QED) is 0.184. The Morgan fingerprint density at radius 3 is 2.45 bits per heavy atom. The number of benzene rings is 1. The van der Waals surface area contributed by atoms with Gasteiger partial charge in [0.15, 0.2) is 0 Å². The van der Waals surface area contributed by atoms with Crippen molar-refractivity contribution in [1.29, 1.82) is 0 Å². The fourth-order valence-electron chi connectivity index (χ4n) is 1.67. The van der Waals surface area contributed by atoms with Crippen LogP contribution in [0, 0.1) is 0 Å². The second kappa shape index (κ2) is 7.90. The van der Waals surface area contributed by atoms with E-state index in [0.717, 1.165) is 11.9 Å². The minimum Gasteiger partial charge on any atom is -0.390 e. The highest BCUT2D eigenvalue weighted by Crippen LogP contribution is 2.28. The van der Waals surface area contributed by atoms with Gasteiger partial charge in [0.1, 0.15) is 12.7 Å². The van der Waals surface area contributed by atoms with Crippen molar-refractivity contribution in [3.8, 4) is 0 Å². The lowest BCUT2D eigenvalue weighted by Crippen LogP contribution is -2.32. The summed E-state index contributed by atoms with van der Waals surface area (Å²) in [6.07, 6.45) is -0.129. The molecule has 1 aromatic rings. The third-order valence-corrected chi connectivity index (χ3v) is 2.76. The monoisotopic (exact) mass is 286 g/mol. The Morgan fingerprint density at radius 2 is 2.00 bits per heavy atom. The van der Waals surface area contributed by atoms with Crippen molar-refractivity contribution in [3.05, 3.63) is 35.4 Å². The molecule has 1 aromatic carbocycles. The van der Waals surface area contributed by atoms with E-state index in [-0.39, 0.29) is 13.0 Å². The third kappa shape index (κ3) is 4.53. The molecule has 0 aliphatic carbocycles. The van der Waals surface area contributed by atoms with E-state index >= 15 is 0 Å². The zero-order valence-electron chi connectivity index (χ0n) is 11.0. The summed E-state index contributed by atoms with van der Waals surface area (Å²) in [6, 6.07) is 6.65. The number of rotatable bonds is 8. The first-order chi connectivity index (χ1) is 9.58. The molecule has 0 aliphatic rings. The number of hydrogen-bond acceptors (Lipinski definition) is 7. The number of nitrogens with two attached hydrogens (primary N) is 1. The molecule has 8 heteroatoms. The van der Waals surface area contributed by atoms with E-state index in [1.165, 1.54) is 7.11 Å². The number of hydrogen-bond donors (Lipinski definition) is 4. The summed E-state index contributed by atoms with van der Waals surface area (Å²) in [6.45, 7) is 0.0460. The first-order valence-corrected chi connectivity index (χ1v) is 5.77. The average molecular weight is 286 g/mol. The van der Waals surface area contributed by atoms with Gasteiger partial charge in [-0.15, -0.1) is 0 Å². The van der Waals surface area contributed by atoms with Crippen LogP contribution in [0.3, 0.4) is 0 Å². The highest BCUT2D eigenvalue weighted by Gasteiger charge is 2.31. The van der Waals surface area contributed by atoms with E-state index < -0.39 is 12.0 Å². The second-order valence-corrected chi connectivity index (χ2v) is 4.04. The predicted octanol–water partition coefficient (Wildman–Crippen LogP) is 0.877. The van der Waals surface area contributed by atoms with Crippen LogP contribution in [0.5, 0.6) is 0 Å². The number of ether oxygens (including phenoxy) is 1. The van der Waals surface area contributed by atoms with Gasteiger partial charge >= 0.3 is 0 Å². The maximum absolute atomic E-state index is 9.98. The SMILES string of the molecule is COC(O)(CC(OO)c1ccc(COO)cc1)N=CN. The minimum atomic E-state index is -1.89. The zero-order valence-corrected chi connectivity index (χ0v) is 11.0. The molecular weight excluding hydrogens is 268 g/mol. The van der Waals surface area contributed by atoms with Crippen LogP contribution in [-0.2, 0) is 21.1 Å². The highest BCUT2D eigenvalue weighted by atomic mass is 17.1. The molecule has 0 bridgehead atoms. The van der Waals surface area contributed by atoms with Gasteiger partial charge in [-0.2, -0.15) is 0 Å². The van der Waals surface area contributed by atoms with Crippen molar-refractivity contribution in [3.63, 3.8) is 0 Å². The van der Waals surface area contributed by atoms with E-state index in [0.29, 0.717) is 5.56 Å². The smallest absolute Gasteiger partial charge is 0.270 e. The summed E-state index contributed by atoms with van der Waals surface area (Å²) in [7, 11) is 1.25. The van der Waals surface area contributed by atoms with Crippen LogP contribution < -0.4 is 5.73 Å². The molecule has 5 N–H and O–H groups in total. The zero-order chi connectivity index (χ0) is 15.0. The van der Waals surface area contributed by atoms with E-state index in [1.807, 2.05) is 0 Å². The summed E-state index contributed by atoms with van der Waals surface area (Å²) in [4.78, 5) is 11.9. The van der Waals surface area contributed by atoms with Crippen LogP contribution in [-0.4, -0.2) is 35.0 Å². The van der Waals surface area contributed by atoms with Gasteiger partial charge in [-0.1, -0.05) is 24.3 Å². The topological polar surface area (TPSA) is 127 Å². The number of methoxy groups -OCH3 is 1. The van der Waals surface area contributed by atoms with Gasteiger partial charge in [0.2, 0.25) is 0 Å². The fraction of sp³-hybridized carbons (Fsp3) is 0.417. The molecule has 0 radical (unpaired) electrons. The lowest BCUT2D eigenvalue weighted by molar-refractivity contribution is -0.306. The molecule has 2 unspecified atom stereocenters. The molecular formula is C12H18N2O6. The van der Waals surface area contributed by atoms with E-state index in [1.54, 1.807) is 24.3 Å². The molecule has 112 valence electrons. The van der Waals surface area contributed by atoms with Gasteiger partial charge in [0.05, 0.1) is 12.8 Å². The molecule has 8 nitrogen and oxygen atoms in total. The normalized spacial score (nSPS) is 16.2. The maximum atomic E-state index is 9.98. The van der Waals surface area contributed by atoms with Gasteiger partial charge < -0.3 is 15.6 Å². The minimum absolute atomic E-state index is 0.0460. The third-order valence-electron chi connectivity index (χ3n) is 2.76. The molecule has 1 rings (SSSR count). The Balaban J connectivity index is 2.84. The van der Waals surface area contributed by atoms with Crippen molar-refractivity contribution >= 4 is 6.34 Å². The second-order valence-electron chi connectivity index (χ2n) is 4.04. The summed E-state index contributed by atoms with van der Waals surface area (Å²) in [5.74, 6) is -1.89. The molecule has 0 aromatic heterocycles. The number of aliphatic hydroxyl groups is 1. The van der Waals surface area contributed by atoms with Crippen molar-refractivity contribution in [2.24, 2.45) is 10.7 Å². The standard InChI is InChI=1S/C12H18N2O6/c1-18-12(15,14-8-13)6-11(20-17)10-4-2-9(3-5-10)7-19-16/h2-5,8,11,15-17H,6-7H2,1H3,(H2,13,14). The van der Waals surface area contributed by atoms with E-state index in [2.05, 4.69) is 14.8 Å². The Morgan fingerprint density at radius 1 is 1.35 bits per heavy atom. The Bertz CT molecular complexity index is 424. The van der Waals surface area contributed by atoms with Crippen LogP contribution in [0.1, 0.15) is 23.7 Å². The summed E-state index contributed by atoms with van der Waals surface area (Å²) in [5, 5.41) is 27.3. The summed E-state index contributed by atoms with van der Waals surface area (Å²) < 4.78 is 4.83. The van der Waals surface area contributed by atoms with Crippen molar-refractivity contribution < 1.29 is 30.1 Å². The van der Waals surface area contributed by atoms with Crippen LogP contribution in [0.2, 0.25) is 0 Å². The average Bonchev–Trinajstić information content (AvgIpc) is 2.46. The van der Waals surface area contributed by atoms with Crippen molar-refractivity contribution in [2.75, 3.05) is 7.11 Å². The van der Waals surface area contributed by atoms with Crippen LogP contribution in [0.4, 0.5) is 0 Å². The largest absolute Gasteiger partial charge is 0.390 e. The molecule has 2 atom stereocenters. The first kappa shape index (κ1) is 16.5. The fourth-order valence-corrected chi connectivity index (χ4v) is 1.67. The van der Waals surface area contributed by atoms with Crippen molar-refractivity contribution in [2.45, 2.75) is 25.0 Å². The summed E-state index contributed by atoms with van der Waals surface area (Å²) in [5.41, 5.74) is 6.44. The highest BCUT2D eigenvalue weighted by molar-refractivity contribution is 5.51. The molecule has 0 spiro atoms. The lowest BCUT2D eigenvalue weighted by Gasteiger charge is -2.25. The van der Waals surface area contributed by atoms with E-state index in [4.69, 9.17) is 21.0 Å². The van der Waals surface area contributed by atoms with Gasteiger partial charge in [-0.05, 0) is 11.1 Å². The lowest BCUT2D eigenvalue weighted by atomic mass is 10.0. The van der Waals surface area contributed by atoms with Crippen LogP contribution in [0.25, 0.3) is 0 Å². The van der Waals surface area contributed by atoms with Gasteiger partial charge in [-0.3, -0.25) is 10.5 Å². The van der Waals surface area contributed by atoms with Gasteiger partial charge in [0.25, 0.3) is 5.91 Å². The molecule has 0 fully saturated rings. The van der Waals surface area contributed by atoms with Gasteiger partial charge in [0, 0.05) is 7.11 Å². The molecule has 0 amide bonds. The van der Waals surface area contributed by atoms with Crippen molar-refractivity contribution in [1.82, 2.24) is 0 Å². The van der Waals surface area contributed by atoms with Gasteiger partial charge in [-0.25, -0.2) is 14.8 Å². The molecule has 20 heavy (non-hydrogen) atoms. The Kier molecular flexibility index (Phi) is 6.52. The Hall–Kier alpha value is -1.55. The molecule has 0 heterocycles. The number of nitrogens with zero attached hydrogens (tertiary/aromatic N) is 1. The predicted molar refractivity (Wildman–Crippen MR) is 69.6 cm³/mol. The molecule has 0 aliphatic heterocycles. The summed E-state index contributed by atoms with van der Waals surface area (Å²) >= 11 is 0. The first-order valence-electron chi connectivity index (χ1n) is 5.77.